The molecular weight excluding hydrogens is 315 g/mol. The van der Waals surface area contributed by atoms with Crippen molar-refractivity contribution in [3.63, 3.8) is 0 Å². The van der Waals surface area contributed by atoms with E-state index < -0.39 is 10.8 Å². The normalized spacial score (nSPS) is 12.2. The van der Waals surface area contributed by atoms with Crippen molar-refractivity contribution < 1.29 is 19.1 Å². The Morgan fingerprint density at radius 2 is 1.67 bits per heavy atom. The molecule has 0 N–H and O–H groups in total. The molecule has 0 heterocycles. The summed E-state index contributed by atoms with van der Waals surface area (Å²) < 4.78 is 10.2. The van der Waals surface area contributed by atoms with E-state index in [-0.39, 0.29) is 31.5 Å². The first-order chi connectivity index (χ1) is 9.99. The maximum atomic E-state index is 11.7. The third-order valence-corrected chi connectivity index (χ3v) is 3.27. The maximum Gasteiger partial charge on any atom is 0.306 e. The van der Waals surface area contributed by atoms with Crippen LogP contribution < -0.4 is 0 Å². The van der Waals surface area contributed by atoms with Gasteiger partial charge in [0.15, 0.2) is 0 Å². The van der Waals surface area contributed by atoms with E-state index in [2.05, 4.69) is 6.92 Å². The Morgan fingerprint density at radius 3 is 2.24 bits per heavy atom. The van der Waals surface area contributed by atoms with Crippen molar-refractivity contribution in [3.8, 4) is 0 Å². The molecule has 4 nitrogen and oxygen atoms in total. The second-order valence-electron chi connectivity index (χ2n) is 4.94. The van der Waals surface area contributed by atoms with Gasteiger partial charge in [0.05, 0.1) is 0 Å². The number of halogens is 2. The third-order valence-electron chi connectivity index (χ3n) is 3.02. The van der Waals surface area contributed by atoms with E-state index in [0.717, 1.165) is 32.1 Å². The fourth-order valence-electron chi connectivity index (χ4n) is 1.82. The van der Waals surface area contributed by atoms with Gasteiger partial charge in [-0.2, -0.15) is 0 Å². The van der Waals surface area contributed by atoms with Gasteiger partial charge in [-0.1, -0.05) is 26.7 Å². The van der Waals surface area contributed by atoms with Crippen LogP contribution in [0.4, 0.5) is 0 Å². The zero-order valence-electron chi connectivity index (χ0n) is 12.9. The highest BCUT2D eigenvalue weighted by atomic mass is 35.5. The summed E-state index contributed by atoms with van der Waals surface area (Å²) in [6.07, 6.45) is 5.91. The number of alkyl halides is 2. The van der Waals surface area contributed by atoms with Gasteiger partial charge in [0.1, 0.15) is 17.5 Å². The first-order valence-corrected chi connectivity index (χ1v) is 8.50. The van der Waals surface area contributed by atoms with Crippen molar-refractivity contribution in [2.24, 2.45) is 0 Å². The topological polar surface area (TPSA) is 52.6 Å². The Bertz CT molecular complexity index is 295. The highest BCUT2D eigenvalue weighted by Crippen LogP contribution is 2.12. The number of carbonyl (C=O) groups is 2. The lowest BCUT2D eigenvalue weighted by molar-refractivity contribution is -0.150. The van der Waals surface area contributed by atoms with E-state index in [4.69, 9.17) is 32.7 Å². The summed E-state index contributed by atoms with van der Waals surface area (Å²) in [5.41, 5.74) is 0. The van der Waals surface area contributed by atoms with Crippen LogP contribution in [0.5, 0.6) is 0 Å². The van der Waals surface area contributed by atoms with Crippen LogP contribution in [0.1, 0.15) is 65.2 Å². The summed E-state index contributed by atoms with van der Waals surface area (Å²) in [4.78, 5) is 22.3. The van der Waals surface area contributed by atoms with Gasteiger partial charge in [0, 0.05) is 12.8 Å². The second kappa shape index (κ2) is 13.2. The molecule has 0 aromatic carbocycles. The molecule has 0 aliphatic carbocycles. The van der Waals surface area contributed by atoms with Crippen LogP contribution in [-0.4, -0.2) is 29.5 Å². The summed E-state index contributed by atoms with van der Waals surface area (Å²) in [6, 6.07) is 0. The molecule has 0 aliphatic heterocycles. The summed E-state index contributed by atoms with van der Waals surface area (Å²) in [7, 11) is 0. The van der Waals surface area contributed by atoms with E-state index in [1.54, 1.807) is 0 Å². The van der Waals surface area contributed by atoms with Crippen LogP contribution in [0.2, 0.25) is 0 Å². The predicted octanol–water partition coefficient (Wildman–Crippen LogP) is 4.41. The lowest BCUT2D eigenvalue weighted by Crippen LogP contribution is -2.18. The second-order valence-corrected chi connectivity index (χ2v) is 6.22. The molecule has 0 rings (SSSR count). The smallest absolute Gasteiger partial charge is 0.306 e. The molecule has 0 aromatic rings. The highest BCUT2D eigenvalue weighted by molar-refractivity contribution is 6.44. The minimum absolute atomic E-state index is 0.00995. The quantitative estimate of drug-likeness (QED) is 0.300. The van der Waals surface area contributed by atoms with Gasteiger partial charge in [-0.25, -0.2) is 0 Å². The van der Waals surface area contributed by atoms with Crippen LogP contribution in [-0.2, 0) is 19.1 Å². The predicted molar refractivity (Wildman–Crippen MR) is 84.6 cm³/mol. The van der Waals surface area contributed by atoms with Gasteiger partial charge in [-0.15, -0.1) is 23.2 Å². The molecule has 0 spiro atoms. The Balaban J connectivity index is 3.74. The van der Waals surface area contributed by atoms with Crippen molar-refractivity contribution in [2.75, 3.05) is 6.61 Å². The van der Waals surface area contributed by atoms with E-state index in [1.165, 1.54) is 0 Å². The maximum absolute atomic E-state index is 11.7. The van der Waals surface area contributed by atoms with Gasteiger partial charge in [-0.3, -0.25) is 9.59 Å². The lowest BCUT2D eigenvalue weighted by Gasteiger charge is -2.15. The van der Waals surface area contributed by atoms with Crippen molar-refractivity contribution in [3.05, 3.63) is 0 Å². The monoisotopic (exact) mass is 340 g/mol. The molecule has 1 atom stereocenters. The molecule has 0 amide bonds. The number of esters is 2. The first kappa shape index (κ1) is 20.5. The minimum atomic E-state index is -0.715. The van der Waals surface area contributed by atoms with Crippen molar-refractivity contribution >= 4 is 35.1 Å². The summed E-state index contributed by atoms with van der Waals surface area (Å²) in [5.74, 6) is -0.650. The summed E-state index contributed by atoms with van der Waals surface area (Å²) in [5, 5.41) is 0. The molecule has 0 aromatic heterocycles. The largest absolute Gasteiger partial charge is 0.463 e. The molecule has 21 heavy (non-hydrogen) atoms. The van der Waals surface area contributed by atoms with Crippen LogP contribution in [0, 0.1) is 0 Å². The number of carbonyl (C=O) groups excluding carboxylic acids is 2. The van der Waals surface area contributed by atoms with Crippen LogP contribution >= 0.6 is 23.2 Å². The number of ether oxygens (including phenoxy) is 2. The molecule has 0 aliphatic rings. The minimum Gasteiger partial charge on any atom is -0.463 e. The molecular formula is C15H26Cl2O4. The fourth-order valence-corrected chi connectivity index (χ4v) is 1.94. The number of hydrogen-bond donors (Lipinski definition) is 0. The summed E-state index contributed by atoms with van der Waals surface area (Å²) >= 11 is 10.9. The fraction of sp³-hybridized carbons (Fsp3) is 0.867. The number of unbranched alkanes of at least 4 members (excludes halogenated alkanes) is 2. The van der Waals surface area contributed by atoms with Crippen molar-refractivity contribution in [2.45, 2.75) is 76.2 Å². The van der Waals surface area contributed by atoms with Gasteiger partial charge >= 0.3 is 11.9 Å². The van der Waals surface area contributed by atoms with E-state index >= 15 is 0 Å². The zero-order chi connectivity index (χ0) is 16.1. The van der Waals surface area contributed by atoms with Gasteiger partial charge in [0.2, 0.25) is 0 Å². The zero-order valence-corrected chi connectivity index (χ0v) is 14.4. The Hall–Kier alpha value is -0.480. The molecule has 124 valence electrons. The average Bonchev–Trinajstić information content (AvgIpc) is 2.44. The van der Waals surface area contributed by atoms with Gasteiger partial charge in [0.25, 0.3) is 0 Å². The molecule has 0 fully saturated rings. The number of hydrogen-bond acceptors (Lipinski definition) is 4. The molecule has 0 saturated heterocycles. The van der Waals surface area contributed by atoms with E-state index in [1.807, 2.05) is 6.92 Å². The van der Waals surface area contributed by atoms with Crippen molar-refractivity contribution in [1.82, 2.24) is 0 Å². The SMILES string of the molecule is CCCCCC(CC)OC(=O)CCCC(=O)OCC(Cl)Cl. The van der Waals surface area contributed by atoms with Crippen LogP contribution in [0.25, 0.3) is 0 Å². The standard InChI is InChI=1S/C15H26Cl2O4/c1-3-5-6-8-12(4-2)21-15(19)10-7-9-14(18)20-11-13(16)17/h12-13H,3-11H2,1-2H3. The first-order valence-electron chi connectivity index (χ1n) is 7.62. The van der Waals surface area contributed by atoms with Gasteiger partial charge in [-0.05, 0) is 25.7 Å². The highest BCUT2D eigenvalue weighted by Gasteiger charge is 2.13. The molecule has 6 heteroatoms. The summed E-state index contributed by atoms with van der Waals surface area (Å²) in [6.45, 7) is 4.13. The molecule has 0 bridgehead atoms. The van der Waals surface area contributed by atoms with Crippen molar-refractivity contribution in [1.29, 1.82) is 0 Å². The lowest BCUT2D eigenvalue weighted by atomic mass is 10.1. The Morgan fingerprint density at radius 1 is 1.00 bits per heavy atom. The average molecular weight is 341 g/mol. The molecule has 1 unspecified atom stereocenters. The molecule has 0 saturated carbocycles. The van der Waals surface area contributed by atoms with Crippen LogP contribution in [0.15, 0.2) is 0 Å². The van der Waals surface area contributed by atoms with E-state index in [0.29, 0.717) is 6.42 Å². The Labute approximate surface area is 137 Å². The van der Waals surface area contributed by atoms with Crippen LogP contribution in [0.3, 0.4) is 0 Å². The van der Waals surface area contributed by atoms with E-state index in [9.17, 15) is 9.59 Å². The Kier molecular flexibility index (Phi) is 12.9. The van der Waals surface area contributed by atoms with Gasteiger partial charge < -0.3 is 9.47 Å². The molecule has 0 radical (unpaired) electrons. The number of rotatable bonds is 12. The third kappa shape index (κ3) is 12.9.